The van der Waals surface area contributed by atoms with Gasteiger partial charge in [0.2, 0.25) is 0 Å². The van der Waals surface area contributed by atoms with Crippen molar-refractivity contribution in [2.75, 3.05) is 12.4 Å². The molecule has 0 aromatic carbocycles. The van der Waals surface area contributed by atoms with E-state index in [-0.39, 0.29) is 6.73 Å². The van der Waals surface area contributed by atoms with Gasteiger partial charge in [0.1, 0.15) is 0 Å². The minimum Gasteiger partial charge on any atom is -0.478 e. The first-order valence-corrected chi connectivity index (χ1v) is 4.85. The molecule has 2 N–H and O–H groups in total. The SMILES string of the molecule is CNc1cnn(COC(=O)/C=C/C(=O)O)c(=O)c1. The second kappa shape index (κ2) is 6.18. The number of hydrogen-bond donors (Lipinski definition) is 2. The summed E-state index contributed by atoms with van der Waals surface area (Å²) in [6, 6.07) is 1.29. The van der Waals surface area contributed by atoms with E-state index < -0.39 is 17.5 Å². The number of carbonyl (C=O) groups is 2. The summed E-state index contributed by atoms with van der Waals surface area (Å²) < 4.78 is 5.55. The summed E-state index contributed by atoms with van der Waals surface area (Å²) >= 11 is 0. The summed E-state index contributed by atoms with van der Waals surface area (Å²) in [5, 5.41) is 14.8. The molecule has 0 radical (unpaired) electrons. The van der Waals surface area contributed by atoms with E-state index in [0.29, 0.717) is 11.8 Å². The van der Waals surface area contributed by atoms with Crippen LogP contribution >= 0.6 is 0 Å². The molecule has 0 saturated heterocycles. The lowest BCUT2D eigenvalue weighted by Gasteiger charge is -2.05. The topological polar surface area (TPSA) is 111 Å². The number of anilines is 1. The minimum atomic E-state index is -1.26. The third-order valence-electron chi connectivity index (χ3n) is 1.85. The second-order valence-corrected chi connectivity index (χ2v) is 3.10. The van der Waals surface area contributed by atoms with Crippen LogP contribution in [0.1, 0.15) is 0 Å². The molecule has 0 amide bonds. The first-order chi connectivity index (χ1) is 8.52. The zero-order chi connectivity index (χ0) is 13.5. The molecule has 8 nitrogen and oxygen atoms in total. The molecule has 1 heterocycles. The maximum Gasteiger partial charge on any atom is 0.332 e. The Morgan fingerprint density at radius 1 is 1.56 bits per heavy atom. The Morgan fingerprint density at radius 3 is 2.83 bits per heavy atom. The molecule has 1 aromatic rings. The first kappa shape index (κ1) is 13.4. The first-order valence-electron chi connectivity index (χ1n) is 4.85. The van der Waals surface area contributed by atoms with Crippen molar-refractivity contribution < 1.29 is 19.4 Å². The molecule has 0 atom stereocenters. The van der Waals surface area contributed by atoms with Crippen molar-refractivity contribution in [3.8, 4) is 0 Å². The van der Waals surface area contributed by atoms with Gasteiger partial charge in [0.05, 0.1) is 11.9 Å². The van der Waals surface area contributed by atoms with E-state index >= 15 is 0 Å². The monoisotopic (exact) mass is 253 g/mol. The maximum atomic E-state index is 11.4. The van der Waals surface area contributed by atoms with Gasteiger partial charge >= 0.3 is 11.9 Å². The van der Waals surface area contributed by atoms with Crippen molar-refractivity contribution >= 4 is 17.6 Å². The normalized spacial score (nSPS) is 10.3. The Balaban J connectivity index is 2.61. The van der Waals surface area contributed by atoms with Crippen LogP contribution in [-0.2, 0) is 21.1 Å². The number of rotatable bonds is 5. The molecular formula is C10H11N3O5. The predicted octanol–water partition coefficient (Wildman–Crippen LogP) is -0.574. The zero-order valence-electron chi connectivity index (χ0n) is 9.49. The number of hydrogen-bond acceptors (Lipinski definition) is 6. The third kappa shape index (κ3) is 4.08. The van der Waals surface area contributed by atoms with E-state index in [4.69, 9.17) is 5.11 Å². The van der Waals surface area contributed by atoms with Crippen molar-refractivity contribution in [3.63, 3.8) is 0 Å². The number of carboxylic acid groups (broad SMARTS) is 1. The van der Waals surface area contributed by atoms with Crippen LogP contribution in [0.4, 0.5) is 5.69 Å². The summed E-state index contributed by atoms with van der Waals surface area (Å²) in [6.45, 7) is -0.383. The lowest BCUT2D eigenvalue weighted by molar-refractivity contribution is -0.142. The van der Waals surface area contributed by atoms with Gasteiger partial charge in [0.25, 0.3) is 5.56 Å². The van der Waals surface area contributed by atoms with Crippen LogP contribution in [0, 0.1) is 0 Å². The van der Waals surface area contributed by atoms with Crippen molar-refractivity contribution in [2.45, 2.75) is 6.73 Å². The zero-order valence-corrected chi connectivity index (χ0v) is 9.49. The molecule has 1 rings (SSSR count). The molecular weight excluding hydrogens is 242 g/mol. The smallest absolute Gasteiger partial charge is 0.332 e. The molecule has 1 aromatic heterocycles. The van der Waals surface area contributed by atoms with Gasteiger partial charge in [-0.05, 0) is 0 Å². The fourth-order valence-electron chi connectivity index (χ4n) is 0.979. The predicted molar refractivity (Wildman–Crippen MR) is 60.9 cm³/mol. The number of aromatic nitrogens is 2. The number of aliphatic carboxylic acids is 1. The summed E-state index contributed by atoms with van der Waals surface area (Å²) in [4.78, 5) is 32.6. The van der Waals surface area contributed by atoms with Gasteiger partial charge in [-0.15, -0.1) is 0 Å². The molecule has 0 saturated carbocycles. The van der Waals surface area contributed by atoms with Gasteiger partial charge in [0.15, 0.2) is 6.73 Å². The quantitative estimate of drug-likeness (QED) is 0.533. The lowest BCUT2D eigenvalue weighted by atomic mass is 10.5. The van der Waals surface area contributed by atoms with Crippen molar-refractivity contribution in [3.05, 3.63) is 34.8 Å². The van der Waals surface area contributed by atoms with Crippen LogP contribution < -0.4 is 10.9 Å². The van der Waals surface area contributed by atoms with E-state index in [9.17, 15) is 14.4 Å². The van der Waals surface area contributed by atoms with Crippen LogP contribution in [0.5, 0.6) is 0 Å². The van der Waals surface area contributed by atoms with E-state index in [1.807, 2.05) is 0 Å². The van der Waals surface area contributed by atoms with E-state index in [2.05, 4.69) is 15.2 Å². The van der Waals surface area contributed by atoms with Crippen molar-refractivity contribution in [1.29, 1.82) is 0 Å². The number of nitrogens with one attached hydrogen (secondary N) is 1. The Hall–Kier alpha value is -2.64. The number of carbonyl (C=O) groups excluding carboxylic acids is 1. The number of esters is 1. The highest BCUT2D eigenvalue weighted by Gasteiger charge is 2.02. The fraction of sp³-hybridized carbons (Fsp3) is 0.200. The fourth-order valence-corrected chi connectivity index (χ4v) is 0.979. The average molecular weight is 253 g/mol. The van der Waals surface area contributed by atoms with Gasteiger partial charge in [-0.2, -0.15) is 9.78 Å². The van der Waals surface area contributed by atoms with Gasteiger partial charge in [-0.25, -0.2) is 9.59 Å². The average Bonchev–Trinajstić information content (AvgIpc) is 2.34. The molecule has 0 fully saturated rings. The molecule has 96 valence electrons. The summed E-state index contributed by atoms with van der Waals surface area (Å²) in [6.07, 6.45) is 2.78. The van der Waals surface area contributed by atoms with Gasteiger partial charge in [0, 0.05) is 25.3 Å². The van der Waals surface area contributed by atoms with Crippen LogP contribution in [-0.4, -0.2) is 33.9 Å². The summed E-state index contributed by atoms with van der Waals surface area (Å²) in [5.74, 6) is -2.13. The maximum absolute atomic E-state index is 11.4. The van der Waals surface area contributed by atoms with Crippen molar-refractivity contribution in [1.82, 2.24) is 9.78 Å². The molecule has 0 aliphatic carbocycles. The molecule has 0 bridgehead atoms. The van der Waals surface area contributed by atoms with Gasteiger partial charge in [-0.1, -0.05) is 0 Å². The highest BCUT2D eigenvalue weighted by atomic mass is 16.5. The Labute approximate surface area is 101 Å². The van der Waals surface area contributed by atoms with Gasteiger partial charge in [-0.3, -0.25) is 4.79 Å². The second-order valence-electron chi connectivity index (χ2n) is 3.10. The van der Waals surface area contributed by atoms with Crippen LogP contribution in [0.2, 0.25) is 0 Å². The molecule has 0 unspecified atom stereocenters. The third-order valence-corrected chi connectivity index (χ3v) is 1.85. The largest absolute Gasteiger partial charge is 0.478 e. The summed E-state index contributed by atoms with van der Waals surface area (Å²) in [7, 11) is 1.64. The minimum absolute atomic E-state index is 0.383. The number of carboxylic acids is 1. The Kier molecular flexibility index (Phi) is 4.61. The number of nitrogens with zero attached hydrogens (tertiary/aromatic N) is 2. The van der Waals surface area contributed by atoms with Crippen LogP contribution in [0.25, 0.3) is 0 Å². The Bertz CT molecular complexity index is 535. The highest BCUT2D eigenvalue weighted by Crippen LogP contribution is 1.96. The van der Waals surface area contributed by atoms with Crippen LogP contribution in [0.15, 0.2) is 29.2 Å². The molecule has 0 spiro atoms. The summed E-state index contributed by atoms with van der Waals surface area (Å²) in [5.41, 5.74) is 0.0882. The van der Waals surface area contributed by atoms with Crippen LogP contribution in [0.3, 0.4) is 0 Å². The van der Waals surface area contributed by atoms with E-state index in [0.717, 1.165) is 10.8 Å². The molecule has 0 aliphatic heterocycles. The Morgan fingerprint density at radius 2 is 2.28 bits per heavy atom. The highest BCUT2D eigenvalue weighted by molar-refractivity contribution is 5.90. The molecule has 0 aliphatic rings. The lowest BCUT2D eigenvalue weighted by Crippen LogP contribution is -2.24. The number of ether oxygens (including phenoxy) is 1. The van der Waals surface area contributed by atoms with E-state index in [1.165, 1.54) is 12.3 Å². The molecule has 18 heavy (non-hydrogen) atoms. The molecule has 8 heteroatoms. The van der Waals surface area contributed by atoms with E-state index in [1.54, 1.807) is 7.05 Å². The van der Waals surface area contributed by atoms with Crippen molar-refractivity contribution in [2.24, 2.45) is 0 Å². The standard InChI is InChI=1S/C10H11N3O5/c1-11-7-4-8(14)13(12-5-7)6-18-10(17)3-2-9(15)16/h2-5,11H,6H2,1H3,(H,15,16)/b3-2+. The van der Waals surface area contributed by atoms with Gasteiger partial charge < -0.3 is 15.2 Å².